The monoisotopic (exact) mass is 575 g/mol. The maximum Gasteiger partial charge on any atom is 0.313 e. The van der Waals surface area contributed by atoms with Gasteiger partial charge in [0.25, 0.3) is 11.8 Å². The van der Waals surface area contributed by atoms with Gasteiger partial charge in [-0.3, -0.25) is 0 Å². The Bertz CT molecular complexity index is 621. The molecule has 120 valence electrons. The molecule has 20 heavy (non-hydrogen) atoms. The Labute approximate surface area is 163 Å². The van der Waals surface area contributed by atoms with Gasteiger partial charge in [-0.05, 0) is 112 Å². The van der Waals surface area contributed by atoms with Crippen LogP contribution < -0.4 is 0 Å². The lowest BCUT2D eigenvalue weighted by molar-refractivity contribution is 1.61. The first kappa shape index (κ1) is 22.1. The van der Waals surface area contributed by atoms with E-state index in [1.165, 1.54) is 0 Å². The van der Waals surface area contributed by atoms with E-state index in [-0.39, 0.29) is 0 Å². The van der Waals surface area contributed by atoms with Crippen molar-refractivity contribution in [3.05, 3.63) is 0 Å². The summed E-state index contributed by atoms with van der Waals surface area (Å²) in [6.07, 6.45) is 0. The highest BCUT2D eigenvalue weighted by Crippen LogP contribution is 2.90. The van der Waals surface area contributed by atoms with Crippen molar-refractivity contribution < 1.29 is 0 Å². The van der Waals surface area contributed by atoms with Crippen LogP contribution in [0.4, 0.5) is 0 Å². The molecular weight excluding hydrogens is 579 g/mol. The van der Waals surface area contributed by atoms with Crippen LogP contribution in [0, 0.1) is 0 Å². The highest BCUT2D eigenvalue weighted by Gasteiger charge is 2.36. The predicted molar refractivity (Wildman–Crippen MR) is 105 cm³/mol. The van der Waals surface area contributed by atoms with Crippen LogP contribution in [0.15, 0.2) is 22.6 Å². The van der Waals surface area contributed by atoms with Gasteiger partial charge >= 0.3 is 7.51 Å². The van der Waals surface area contributed by atoms with Crippen molar-refractivity contribution in [2.45, 2.75) is 0 Å². The Balaban J connectivity index is 3.91. The van der Waals surface area contributed by atoms with Gasteiger partial charge in [-0.2, -0.15) is 22.6 Å². The number of nitrogens with zero attached hydrogens (tertiary/aromatic N) is 5. The zero-order chi connectivity index (χ0) is 16.0. The Morgan fingerprint density at radius 2 is 0.950 bits per heavy atom. The van der Waals surface area contributed by atoms with E-state index in [4.69, 9.17) is 112 Å². The van der Waals surface area contributed by atoms with E-state index < -0.39 is 29.6 Å². The fourth-order valence-corrected chi connectivity index (χ4v) is 23.0. The van der Waals surface area contributed by atoms with Gasteiger partial charge in [0.05, 0.1) is 0 Å². The topological polar surface area (TPSA) is 61.8 Å². The summed E-state index contributed by atoms with van der Waals surface area (Å²) in [5.74, 6) is -6.64. The summed E-state index contributed by atoms with van der Waals surface area (Å²) in [7, 11) is -3.59. The van der Waals surface area contributed by atoms with Crippen LogP contribution in [-0.2, 0) is 0 Å². The molecule has 0 aliphatic carbocycles. The molecule has 0 spiro atoms. The summed E-state index contributed by atoms with van der Waals surface area (Å²) >= 11 is 57.9. The highest BCUT2D eigenvalue weighted by molar-refractivity contribution is 8.30. The molecule has 1 aliphatic rings. The third-order valence-corrected chi connectivity index (χ3v) is 18.5. The maximum atomic E-state index is 5.91. The summed E-state index contributed by atoms with van der Waals surface area (Å²) in [5.41, 5.74) is 0. The maximum absolute atomic E-state index is 5.91. The minimum atomic E-state index is -3.59. The third-order valence-electron chi connectivity index (χ3n) is 1.11. The molecule has 0 saturated heterocycles. The number of rotatable bonds is 2. The SMILES string of the molecule is ClP(Cl)(Cl)=NP1(N=P(Cl)(Cl)Cl)=NP(Cl)(Cl)=NP(Cl)(Cl)=N1. The second kappa shape index (κ2) is 7.35. The molecular formula is Cl10N5P5. The fraction of sp³-hybridized carbons (Fsp3) is 0. The van der Waals surface area contributed by atoms with Gasteiger partial charge < -0.3 is 0 Å². The van der Waals surface area contributed by atoms with Crippen molar-refractivity contribution >= 4 is 142 Å². The molecule has 0 fully saturated rings. The van der Waals surface area contributed by atoms with E-state index in [1.54, 1.807) is 0 Å². The predicted octanol–water partition coefficient (Wildman–Crippen LogP) is 12.1. The fourth-order valence-electron chi connectivity index (χ4n) is 0.833. The quantitative estimate of drug-likeness (QED) is 0.292. The Kier molecular flexibility index (Phi) is 8.12. The van der Waals surface area contributed by atoms with Crippen LogP contribution in [0.2, 0.25) is 0 Å². The zero-order valence-electron chi connectivity index (χ0n) is 8.25. The lowest BCUT2D eigenvalue weighted by atomic mass is 13.8. The summed E-state index contributed by atoms with van der Waals surface area (Å²) in [4.78, 5) is 0. The molecule has 5 nitrogen and oxygen atoms in total. The summed E-state index contributed by atoms with van der Waals surface area (Å²) in [6.45, 7) is 0. The van der Waals surface area contributed by atoms with Crippen molar-refractivity contribution in [3.63, 3.8) is 0 Å². The Hall–Kier alpha value is 4.05. The molecule has 0 saturated carbocycles. The lowest BCUT2D eigenvalue weighted by Gasteiger charge is -2.21. The van der Waals surface area contributed by atoms with Crippen molar-refractivity contribution in [2.24, 2.45) is 22.6 Å². The average molecular weight is 579 g/mol. The van der Waals surface area contributed by atoms with Crippen LogP contribution in [0.25, 0.3) is 0 Å². The van der Waals surface area contributed by atoms with Crippen LogP contribution in [0.1, 0.15) is 0 Å². The third kappa shape index (κ3) is 8.43. The van der Waals surface area contributed by atoms with Gasteiger partial charge in [0.15, 0.2) is 0 Å². The molecule has 0 aromatic heterocycles. The van der Waals surface area contributed by atoms with Gasteiger partial charge in [-0.25, -0.2) is 0 Å². The first-order valence-electron chi connectivity index (χ1n) is 3.69. The van der Waals surface area contributed by atoms with E-state index in [2.05, 4.69) is 22.6 Å². The molecule has 0 radical (unpaired) electrons. The number of halogens is 10. The van der Waals surface area contributed by atoms with E-state index in [0.717, 1.165) is 0 Å². The molecule has 1 rings (SSSR count). The second-order valence-electron chi connectivity index (χ2n) is 2.73. The average Bonchev–Trinajstić information content (AvgIpc) is 1.83. The van der Waals surface area contributed by atoms with Gasteiger partial charge in [0, 0.05) is 0 Å². The molecule has 1 aliphatic heterocycles. The zero-order valence-corrected chi connectivity index (χ0v) is 20.3. The van der Waals surface area contributed by atoms with Gasteiger partial charge in [-0.15, -0.1) is 0 Å². The van der Waals surface area contributed by atoms with Crippen LogP contribution in [-0.4, -0.2) is 0 Å². The molecule has 20 heteroatoms. The molecule has 0 bridgehead atoms. The van der Waals surface area contributed by atoms with E-state index in [1.807, 2.05) is 0 Å². The Morgan fingerprint density at radius 1 is 0.600 bits per heavy atom. The standard InChI is InChI=1S/Cl10N5P5/c1-16(2,3)11-20(12-17(4,5)6)14-18(7,8)13-19(9,10)15-20. The molecule has 0 aromatic rings. The molecule has 0 unspecified atom stereocenters. The van der Waals surface area contributed by atoms with Gasteiger partial charge in [-0.1, -0.05) is 0 Å². The van der Waals surface area contributed by atoms with Gasteiger partial charge in [0.2, 0.25) is 10.2 Å². The van der Waals surface area contributed by atoms with E-state index in [9.17, 15) is 0 Å². The number of hydrogen-bond acceptors (Lipinski definition) is 5. The lowest BCUT2D eigenvalue weighted by Crippen LogP contribution is -1.71. The minimum Gasteiger partial charge on any atom is -0.185 e. The minimum absolute atomic E-state index is 3.32. The van der Waals surface area contributed by atoms with E-state index in [0.29, 0.717) is 0 Å². The molecule has 0 amide bonds. The van der Waals surface area contributed by atoms with Crippen LogP contribution in [0.3, 0.4) is 0 Å². The van der Waals surface area contributed by atoms with Crippen LogP contribution >= 0.6 is 142 Å². The molecule has 1 heterocycles. The molecule has 0 atom stereocenters. The normalized spacial score (nSPS) is 23.9. The summed E-state index contributed by atoms with van der Waals surface area (Å²) < 4.78 is 19.2. The van der Waals surface area contributed by atoms with Gasteiger partial charge in [0.1, 0.15) is 0 Å². The van der Waals surface area contributed by atoms with E-state index >= 15 is 0 Å². The van der Waals surface area contributed by atoms with Crippen molar-refractivity contribution in [1.82, 2.24) is 0 Å². The van der Waals surface area contributed by atoms with Crippen LogP contribution in [0.5, 0.6) is 0 Å². The van der Waals surface area contributed by atoms with Crippen molar-refractivity contribution in [3.8, 4) is 0 Å². The van der Waals surface area contributed by atoms with Crippen molar-refractivity contribution in [2.75, 3.05) is 0 Å². The molecule has 0 aromatic carbocycles. The summed E-state index contributed by atoms with van der Waals surface area (Å²) in [5, 5.41) is -6.67. The Morgan fingerprint density at radius 3 is 1.25 bits per heavy atom. The second-order valence-corrected chi connectivity index (χ2v) is 29.5. The largest absolute Gasteiger partial charge is 0.313 e. The van der Waals surface area contributed by atoms with Crippen molar-refractivity contribution in [1.29, 1.82) is 0 Å². The highest BCUT2D eigenvalue weighted by atomic mass is 36.1. The number of hydrogen-bond donors (Lipinski definition) is 0. The summed E-state index contributed by atoms with van der Waals surface area (Å²) in [6, 6.07) is 0. The smallest absolute Gasteiger partial charge is 0.185 e. The first-order chi connectivity index (χ1) is 8.54. The molecule has 0 N–H and O–H groups in total. The first-order valence-corrected chi connectivity index (χ1v) is 21.2.